The van der Waals surface area contributed by atoms with Gasteiger partial charge in [0, 0.05) is 15.1 Å². The molecule has 0 saturated carbocycles. The molecular weight excluding hydrogens is 301 g/mol. The number of hydrogen-bond acceptors (Lipinski definition) is 1. The Balaban J connectivity index is 2.19. The molecular formula is C15H22Cl3N. The fourth-order valence-electron chi connectivity index (χ4n) is 2.02. The van der Waals surface area contributed by atoms with Crippen LogP contribution < -0.4 is 5.32 Å². The summed E-state index contributed by atoms with van der Waals surface area (Å²) in [6, 6.07) is 3.53. The van der Waals surface area contributed by atoms with E-state index in [1.807, 2.05) is 0 Å². The van der Waals surface area contributed by atoms with Crippen molar-refractivity contribution in [2.45, 2.75) is 45.4 Å². The van der Waals surface area contributed by atoms with E-state index in [1.165, 1.54) is 25.7 Å². The van der Waals surface area contributed by atoms with Crippen LogP contribution in [-0.2, 0) is 6.42 Å². The minimum atomic E-state index is 0.598. The van der Waals surface area contributed by atoms with Crippen LogP contribution in [0, 0.1) is 0 Å². The minimum Gasteiger partial charge on any atom is -0.317 e. The van der Waals surface area contributed by atoms with Crippen LogP contribution >= 0.6 is 34.8 Å². The van der Waals surface area contributed by atoms with Crippen molar-refractivity contribution in [3.05, 3.63) is 32.8 Å². The molecule has 0 aliphatic heterocycles. The predicted molar refractivity (Wildman–Crippen MR) is 86.8 cm³/mol. The molecule has 0 bridgehead atoms. The molecule has 0 aliphatic rings. The normalized spacial score (nSPS) is 10.9. The molecule has 0 fully saturated rings. The highest BCUT2D eigenvalue weighted by atomic mass is 35.5. The topological polar surface area (TPSA) is 12.0 Å². The summed E-state index contributed by atoms with van der Waals surface area (Å²) in [7, 11) is 0. The van der Waals surface area contributed by atoms with E-state index in [0.29, 0.717) is 15.1 Å². The van der Waals surface area contributed by atoms with E-state index in [0.717, 1.165) is 31.5 Å². The van der Waals surface area contributed by atoms with Gasteiger partial charge < -0.3 is 5.32 Å². The molecule has 0 aliphatic carbocycles. The summed E-state index contributed by atoms with van der Waals surface area (Å²) in [6.45, 7) is 4.43. The molecule has 19 heavy (non-hydrogen) atoms. The maximum absolute atomic E-state index is 6.15. The zero-order valence-electron chi connectivity index (χ0n) is 11.4. The zero-order chi connectivity index (χ0) is 14.1. The van der Waals surface area contributed by atoms with Gasteiger partial charge in [-0.3, -0.25) is 0 Å². The molecule has 1 aromatic rings. The molecule has 0 saturated heterocycles. The van der Waals surface area contributed by atoms with E-state index in [1.54, 1.807) is 12.1 Å². The second-order valence-corrected chi connectivity index (χ2v) is 6.01. The lowest BCUT2D eigenvalue weighted by molar-refractivity contribution is 0.585. The molecule has 1 aromatic carbocycles. The van der Waals surface area contributed by atoms with Crippen molar-refractivity contribution < 1.29 is 0 Å². The maximum atomic E-state index is 6.15. The predicted octanol–water partition coefficient (Wildman–Crippen LogP) is 5.75. The number of nitrogens with one attached hydrogen (secondary N) is 1. The van der Waals surface area contributed by atoms with Gasteiger partial charge in [-0.15, -0.1) is 0 Å². The Labute approximate surface area is 131 Å². The first-order chi connectivity index (χ1) is 9.15. The van der Waals surface area contributed by atoms with Crippen molar-refractivity contribution in [2.24, 2.45) is 0 Å². The molecule has 0 radical (unpaired) electrons. The molecule has 108 valence electrons. The first-order valence-corrected chi connectivity index (χ1v) is 8.12. The molecule has 1 N–H and O–H groups in total. The number of rotatable bonds is 9. The fraction of sp³-hybridized carbons (Fsp3) is 0.600. The van der Waals surface area contributed by atoms with Gasteiger partial charge in [0.25, 0.3) is 0 Å². The largest absolute Gasteiger partial charge is 0.317 e. The Bertz CT molecular complexity index is 357. The Hall–Kier alpha value is 0.0500. The Morgan fingerprint density at radius 3 is 2.16 bits per heavy atom. The highest BCUT2D eigenvalue weighted by Gasteiger charge is 2.07. The number of unbranched alkanes of at least 4 members (excludes halogenated alkanes) is 3. The minimum absolute atomic E-state index is 0.598. The summed E-state index contributed by atoms with van der Waals surface area (Å²) < 4.78 is 0. The molecule has 0 unspecified atom stereocenters. The van der Waals surface area contributed by atoms with Crippen molar-refractivity contribution in [1.29, 1.82) is 0 Å². The van der Waals surface area contributed by atoms with Crippen molar-refractivity contribution in [1.82, 2.24) is 5.32 Å². The molecule has 1 rings (SSSR count). The van der Waals surface area contributed by atoms with E-state index >= 15 is 0 Å². The van der Waals surface area contributed by atoms with Gasteiger partial charge in [-0.25, -0.2) is 0 Å². The van der Waals surface area contributed by atoms with Gasteiger partial charge in [0.05, 0.1) is 0 Å². The number of benzene rings is 1. The summed E-state index contributed by atoms with van der Waals surface area (Å²) in [5.41, 5.74) is 1.02. The first kappa shape index (κ1) is 17.1. The van der Waals surface area contributed by atoms with E-state index in [9.17, 15) is 0 Å². The molecule has 4 heteroatoms. The summed E-state index contributed by atoms with van der Waals surface area (Å²) >= 11 is 18.2. The third kappa shape index (κ3) is 6.85. The highest BCUT2D eigenvalue weighted by Crippen LogP contribution is 2.30. The van der Waals surface area contributed by atoms with Crippen molar-refractivity contribution in [3.63, 3.8) is 0 Å². The van der Waals surface area contributed by atoms with Crippen LogP contribution in [0.3, 0.4) is 0 Å². The molecule has 0 heterocycles. The lowest BCUT2D eigenvalue weighted by Crippen LogP contribution is -2.15. The SMILES string of the molecule is CCCNCCCCCCc1c(Cl)cc(Cl)cc1Cl. The Morgan fingerprint density at radius 1 is 0.895 bits per heavy atom. The maximum Gasteiger partial charge on any atom is 0.0467 e. The van der Waals surface area contributed by atoms with Crippen LogP contribution in [0.1, 0.15) is 44.6 Å². The molecule has 1 nitrogen and oxygen atoms in total. The van der Waals surface area contributed by atoms with Crippen molar-refractivity contribution in [2.75, 3.05) is 13.1 Å². The average molecular weight is 323 g/mol. The van der Waals surface area contributed by atoms with E-state index in [2.05, 4.69) is 12.2 Å². The first-order valence-electron chi connectivity index (χ1n) is 6.99. The van der Waals surface area contributed by atoms with Crippen LogP contribution in [0.4, 0.5) is 0 Å². The molecule has 0 spiro atoms. The van der Waals surface area contributed by atoms with E-state index in [-0.39, 0.29) is 0 Å². The van der Waals surface area contributed by atoms with Crippen LogP contribution in [0.5, 0.6) is 0 Å². The quantitative estimate of drug-likeness (QED) is 0.571. The Kier molecular flexibility index (Phi) is 8.89. The van der Waals surface area contributed by atoms with Gasteiger partial charge in [0.2, 0.25) is 0 Å². The lowest BCUT2D eigenvalue weighted by atomic mass is 10.1. The van der Waals surface area contributed by atoms with Crippen LogP contribution in [0.25, 0.3) is 0 Å². The third-order valence-electron chi connectivity index (χ3n) is 3.06. The van der Waals surface area contributed by atoms with Gasteiger partial charge >= 0.3 is 0 Å². The van der Waals surface area contributed by atoms with E-state index in [4.69, 9.17) is 34.8 Å². The lowest BCUT2D eigenvalue weighted by Gasteiger charge is -2.08. The van der Waals surface area contributed by atoms with Gasteiger partial charge in [0.15, 0.2) is 0 Å². The molecule has 0 atom stereocenters. The van der Waals surface area contributed by atoms with Crippen LogP contribution in [0.2, 0.25) is 15.1 Å². The van der Waals surface area contributed by atoms with Gasteiger partial charge in [-0.2, -0.15) is 0 Å². The second-order valence-electron chi connectivity index (χ2n) is 4.76. The van der Waals surface area contributed by atoms with Crippen LogP contribution in [0.15, 0.2) is 12.1 Å². The van der Waals surface area contributed by atoms with E-state index < -0.39 is 0 Å². The van der Waals surface area contributed by atoms with Gasteiger partial charge in [-0.05, 0) is 56.5 Å². The highest BCUT2D eigenvalue weighted by molar-refractivity contribution is 6.39. The summed E-state index contributed by atoms with van der Waals surface area (Å²) in [4.78, 5) is 0. The second kappa shape index (κ2) is 9.88. The smallest absolute Gasteiger partial charge is 0.0467 e. The number of hydrogen-bond donors (Lipinski definition) is 1. The molecule has 0 amide bonds. The summed E-state index contributed by atoms with van der Waals surface area (Å²) in [5.74, 6) is 0. The average Bonchev–Trinajstić information content (AvgIpc) is 2.35. The molecule has 0 aromatic heterocycles. The van der Waals surface area contributed by atoms with Crippen molar-refractivity contribution >= 4 is 34.8 Å². The monoisotopic (exact) mass is 321 g/mol. The zero-order valence-corrected chi connectivity index (χ0v) is 13.7. The summed E-state index contributed by atoms with van der Waals surface area (Å²) in [6.07, 6.45) is 6.95. The fourth-order valence-corrected chi connectivity index (χ4v) is 3.02. The van der Waals surface area contributed by atoms with Gasteiger partial charge in [0.1, 0.15) is 0 Å². The van der Waals surface area contributed by atoms with Crippen LogP contribution in [-0.4, -0.2) is 13.1 Å². The standard InChI is InChI=1S/C15H22Cl3N/c1-2-8-19-9-6-4-3-5-7-13-14(17)10-12(16)11-15(13)18/h10-11,19H,2-9H2,1H3. The number of halogens is 3. The third-order valence-corrected chi connectivity index (χ3v) is 3.96. The summed E-state index contributed by atoms with van der Waals surface area (Å²) in [5, 5.41) is 5.37. The van der Waals surface area contributed by atoms with Crippen molar-refractivity contribution in [3.8, 4) is 0 Å². The Morgan fingerprint density at radius 2 is 1.53 bits per heavy atom. The van der Waals surface area contributed by atoms with Gasteiger partial charge in [-0.1, -0.05) is 54.6 Å².